The molecule has 0 bridgehead atoms. The minimum Gasteiger partial charge on any atom is -0.477 e. The molecular formula is C17H17ClO3. The topological polar surface area (TPSA) is 35.5 Å². The third-order valence-corrected chi connectivity index (χ3v) is 3.12. The van der Waals surface area contributed by atoms with E-state index < -0.39 is 0 Å². The largest absolute Gasteiger partial charge is 0.477 e. The van der Waals surface area contributed by atoms with Crippen molar-refractivity contribution in [3.8, 4) is 16.9 Å². The van der Waals surface area contributed by atoms with Crippen LogP contribution in [0.1, 0.15) is 12.5 Å². The van der Waals surface area contributed by atoms with Crippen molar-refractivity contribution >= 4 is 17.6 Å². The molecule has 0 N–H and O–H groups in total. The summed E-state index contributed by atoms with van der Waals surface area (Å²) in [5, 5.41) is 0. The van der Waals surface area contributed by atoms with E-state index >= 15 is 0 Å². The van der Waals surface area contributed by atoms with Gasteiger partial charge in [-0.2, -0.15) is 0 Å². The average Bonchev–Trinajstić information content (AvgIpc) is 2.49. The summed E-state index contributed by atoms with van der Waals surface area (Å²) < 4.78 is 10.3. The van der Waals surface area contributed by atoms with Crippen molar-refractivity contribution in [1.82, 2.24) is 0 Å². The van der Waals surface area contributed by atoms with E-state index in [1.165, 1.54) is 0 Å². The molecule has 4 heteroatoms. The zero-order chi connectivity index (χ0) is 15.1. The highest BCUT2D eigenvalue weighted by atomic mass is 35.5. The van der Waals surface area contributed by atoms with Gasteiger partial charge >= 0.3 is 5.97 Å². The summed E-state index contributed by atoms with van der Waals surface area (Å²) in [6.07, 6.45) is 0.286. The molecule has 0 fully saturated rings. The van der Waals surface area contributed by atoms with Crippen LogP contribution in [0.2, 0.25) is 0 Å². The summed E-state index contributed by atoms with van der Waals surface area (Å²) in [6, 6.07) is 15.6. The lowest BCUT2D eigenvalue weighted by Gasteiger charge is -2.10. The number of rotatable bonds is 6. The Balaban J connectivity index is 2.17. The van der Waals surface area contributed by atoms with Gasteiger partial charge in [-0.15, -0.1) is 0 Å². The van der Waals surface area contributed by atoms with Crippen LogP contribution >= 0.6 is 11.6 Å². The van der Waals surface area contributed by atoms with Crippen LogP contribution in [0, 0.1) is 0 Å². The van der Waals surface area contributed by atoms with Crippen molar-refractivity contribution < 1.29 is 14.3 Å². The van der Waals surface area contributed by atoms with Gasteiger partial charge in [-0.3, -0.25) is 4.79 Å². The van der Waals surface area contributed by atoms with Crippen LogP contribution in [0.3, 0.4) is 0 Å². The van der Waals surface area contributed by atoms with Crippen LogP contribution < -0.4 is 4.74 Å². The van der Waals surface area contributed by atoms with Gasteiger partial charge < -0.3 is 9.47 Å². The predicted molar refractivity (Wildman–Crippen MR) is 83.6 cm³/mol. The first-order chi connectivity index (χ1) is 10.2. The molecule has 2 aromatic carbocycles. The number of halogens is 1. The quantitative estimate of drug-likeness (QED) is 0.597. The lowest BCUT2D eigenvalue weighted by molar-refractivity contribution is -0.142. The van der Waals surface area contributed by atoms with Gasteiger partial charge in [-0.25, -0.2) is 0 Å². The van der Waals surface area contributed by atoms with Crippen LogP contribution in [-0.2, 0) is 16.0 Å². The molecule has 21 heavy (non-hydrogen) atoms. The maximum Gasteiger partial charge on any atom is 0.310 e. The molecule has 2 aromatic rings. The van der Waals surface area contributed by atoms with E-state index in [9.17, 15) is 4.79 Å². The Morgan fingerprint density at radius 1 is 1.10 bits per heavy atom. The van der Waals surface area contributed by atoms with Crippen molar-refractivity contribution in [3.63, 3.8) is 0 Å². The summed E-state index contributed by atoms with van der Waals surface area (Å²) in [7, 11) is 0. The summed E-state index contributed by atoms with van der Waals surface area (Å²) >= 11 is 5.63. The van der Waals surface area contributed by atoms with Crippen molar-refractivity contribution in [2.45, 2.75) is 13.3 Å². The Kier molecular flexibility index (Phi) is 5.64. The average molecular weight is 305 g/mol. The monoisotopic (exact) mass is 304 g/mol. The van der Waals surface area contributed by atoms with Gasteiger partial charge in [-0.05, 0) is 24.1 Å². The third kappa shape index (κ3) is 4.23. The second-order valence-electron chi connectivity index (χ2n) is 4.43. The molecule has 0 aliphatic carbocycles. The van der Waals surface area contributed by atoms with E-state index in [2.05, 4.69) is 0 Å². The molecule has 0 saturated heterocycles. The fourth-order valence-electron chi connectivity index (χ4n) is 2.07. The van der Waals surface area contributed by atoms with E-state index in [1.807, 2.05) is 48.5 Å². The molecule has 0 unspecified atom stereocenters. The molecule has 0 heterocycles. The zero-order valence-corrected chi connectivity index (χ0v) is 12.6. The molecule has 0 spiro atoms. The molecule has 2 rings (SSSR count). The number of alkyl halides is 1. The van der Waals surface area contributed by atoms with Gasteiger partial charge in [0.2, 0.25) is 0 Å². The van der Waals surface area contributed by atoms with Crippen LogP contribution in [0.4, 0.5) is 0 Å². The molecule has 3 nitrogen and oxygen atoms in total. The van der Waals surface area contributed by atoms with Crippen LogP contribution in [0.25, 0.3) is 11.1 Å². The number of esters is 1. The molecule has 0 radical (unpaired) electrons. The van der Waals surface area contributed by atoms with Gasteiger partial charge in [0.25, 0.3) is 0 Å². The van der Waals surface area contributed by atoms with Gasteiger partial charge in [0, 0.05) is 5.56 Å². The Morgan fingerprint density at radius 2 is 1.81 bits per heavy atom. The summed E-state index contributed by atoms with van der Waals surface area (Å²) in [6.45, 7) is 2.20. The number of carbonyl (C=O) groups is 1. The molecule has 110 valence electrons. The lowest BCUT2D eigenvalue weighted by Crippen LogP contribution is -2.07. The predicted octanol–water partition coefficient (Wildman–Crippen LogP) is 4.03. The first-order valence-corrected chi connectivity index (χ1v) is 7.30. The van der Waals surface area contributed by atoms with Crippen molar-refractivity contribution in [3.05, 3.63) is 54.1 Å². The first-order valence-electron chi connectivity index (χ1n) is 6.77. The zero-order valence-electron chi connectivity index (χ0n) is 11.8. The van der Waals surface area contributed by atoms with Crippen molar-refractivity contribution in [2.24, 2.45) is 0 Å². The van der Waals surface area contributed by atoms with Crippen LogP contribution in [0.5, 0.6) is 5.75 Å². The Morgan fingerprint density at radius 3 is 2.48 bits per heavy atom. The highest BCUT2D eigenvalue weighted by molar-refractivity contribution is 6.17. The maximum atomic E-state index is 11.4. The van der Waals surface area contributed by atoms with E-state index in [-0.39, 0.29) is 18.5 Å². The summed E-state index contributed by atoms with van der Waals surface area (Å²) in [4.78, 5) is 11.4. The normalized spacial score (nSPS) is 10.2. The second kappa shape index (κ2) is 7.70. The van der Waals surface area contributed by atoms with Crippen molar-refractivity contribution in [2.75, 3.05) is 12.7 Å². The second-order valence-corrected chi connectivity index (χ2v) is 4.65. The van der Waals surface area contributed by atoms with E-state index in [0.717, 1.165) is 22.4 Å². The Hall–Kier alpha value is -2.00. The van der Waals surface area contributed by atoms with Crippen LogP contribution in [-0.4, -0.2) is 18.6 Å². The number of carbonyl (C=O) groups excluding carboxylic acids is 1. The number of hydrogen-bond donors (Lipinski definition) is 0. The highest BCUT2D eigenvalue weighted by Crippen LogP contribution is 2.30. The van der Waals surface area contributed by atoms with E-state index in [0.29, 0.717) is 6.61 Å². The highest BCUT2D eigenvalue weighted by Gasteiger charge is 2.07. The fourth-order valence-corrected chi connectivity index (χ4v) is 2.19. The fraction of sp³-hybridized carbons (Fsp3) is 0.235. The Bertz CT molecular complexity index is 593. The molecule has 0 amide bonds. The minimum atomic E-state index is -0.212. The summed E-state index contributed by atoms with van der Waals surface area (Å²) in [5.41, 5.74) is 2.91. The number of ether oxygens (including phenoxy) is 2. The summed E-state index contributed by atoms with van der Waals surface area (Å²) in [5.74, 6) is 0.529. The molecule has 0 aliphatic rings. The van der Waals surface area contributed by atoms with Gasteiger partial charge in [-0.1, -0.05) is 54.1 Å². The van der Waals surface area contributed by atoms with Gasteiger partial charge in [0.1, 0.15) is 5.75 Å². The standard InChI is InChI=1S/C17H17ClO3/c1-2-20-17(19)11-13-7-9-14(10-8-13)15-5-3-4-6-16(15)21-12-18/h3-10H,2,11-12H2,1H3. The Labute approximate surface area is 129 Å². The van der Waals surface area contributed by atoms with Crippen molar-refractivity contribution in [1.29, 1.82) is 0 Å². The van der Waals surface area contributed by atoms with Gasteiger partial charge in [0.05, 0.1) is 13.0 Å². The van der Waals surface area contributed by atoms with E-state index in [4.69, 9.17) is 21.1 Å². The minimum absolute atomic E-state index is 0.109. The SMILES string of the molecule is CCOC(=O)Cc1ccc(-c2ccccc2OCCl)cc1. The van der Waals surface area contributed by atoms with Crippen LogP contribution in [0.15, 0.2) is 48.5 Å². The molecular weight excluding hydrogens is 288 g/mol. The third-order valence-electron chi connectivity index (χ3n) is 3.02. The number of hydrogen-bond acceptors (Lipinski definition) is 3. The smallest absolute Gasteiger partial charge is 0.310 e. The first kappa shape index (κ1) is 15.4. The molecule has 0 atom stereocenters. The van der Waals surface area contributed by atoms with E-state index in [1.54, 1.807) is 6.92 Å². The molecule has 0 aliphatic heterocycles. The number of benzene rings is 2. The lowest BCUT2D eigenvalue weighted by atomic mass is 10.0. The van der Waals surface area contributed by atoms with Gasteiger partial charge in [0.15, 0.2) is 6.07 Å². The molecule has 0 saturated carbocycles. The maximum absolute atomic E-state index is 11.4. The molecule has 0 aromatic heterocycles. The number of para-hydroxylation sites is 1.